The number of rotatable bonds is 2. The van der Waals surface area contributed by atoms with E-state index in [1.807, 2.05) is 18.2 Å². The minimum absolute atomic E-state index is 0.0196. The average Bonchev–Trinajstić information content (AvgIpc) is 2.58. The lowest BCUT2D eigenvalue weighted by atomic mass is 10.1. The van der Waals surface area contributed by atoms with Gasteiger partial charge in [0.25, 0.3) is 0 Å². The maximum Gasteiger partial charge on any atom is 0.404 e. The maximum atomic E-state index is 10.5. The summed E-state index contributed by atoms with van der Waals surface area (Å²) < 4.78 is 5.24. The molecule has 1 aromatic rings. The first-order chi connectivity index (χ1) is 7.20. The van der Waals surface area contributed by atoms with Crippen molar-refractivity contribution in [3.05, 3.63) is 29.3 Å². The first-order valence-electron chi connectivity index (χ1n) is 4.85. The summed E-state index contributed by atoms with van der Waals surface area (Å²) in [5.41, 5.74) is 2.30. The van der Waals surface area contributed by atoms with E-state index in [1.54, 1.807) is 7.11 Å². The molecule has 0 aliphatic heterocycles. The van der Waals surface area contributed by atoms with Crippen LogP contribution in [0.4, 0.5) is 4.79 Å². The van der Waals surface area contributed by atoms with Crippen LogP contribution in [0, 0.1) is 0 Å². The summed E-state index contributed by atoms with van der Waals surface area (Å²) >= 11 is 0. The molecule has 0 fully saturated rings. The van der Waals surface area contributed by atoms with Crippen LogP contribution in [0.5, 0.6) is 5.75 Å². The number of amides is 1. The summed E-state index contributed by atoms with van der Waals surface area (Å²) in [7, 11) is 1.63. The Morgan fingerprint density at radius 1 is 1.53 bits per heavy atom. The van der Waals surface area contributed by atoms with Gasteiger partial charge in [-0.3, -0.25) is 0 Å². The highest BCUT2D eigenvalue weighted by atomic mass is 16.5. The van der Waals surface area contributed by atoms with Gasteiger partial charge in [0.05, 0.1) is 7.11 Å². The van der Waals surface area contributed by atoms with E-state index in [1.165, 1.54) is 5.56 Å². The van der Waals surface area contributed by atoms with Crippen molar-refractivity contribution >= 4 is 6.09 Å². The Kier molecular flexibility index (Phi) is 2.49. The van der Waals surface area contributed by atoms with Crippen LogP contribution in [0.15, 0.2) is 18.2 Å². The van der Waals surface area contributed by atoms with Crippen molar-refractivity contribution in [2.75, 3.05) is 7.11 Å². The van der Waals surface area contributed by atoms with Gasteiger partial charge in [-0.1, -0.05) is 12.1 Å². The van der Waals surface area contributed by atoms with E-state index < -0.39 is 6.09 Å². The number of methoxy groups -OCH3 is 1. The third kappa shape index (κ3) is 1.88. The lowest BCUT2D eigenvalue weighted by Gasteiger charge is -2.08. The number of fused-ring (bicyclic) bond motifs is 1. The highest BCUT2D eigenvalue weighted by Gasteiger charge is 2.25. The largest absolute Gasteiger partial charge is 0.496 e. The van der Waals surface area contributed by atoms with Crippen molar-refractivity contribution in [3.8, 4) is 5.75 Å². The zero-order valence-electron chi connectivity index (χ0n) is 8.49. The van der Waals surface area contributed by atoms with Crippen LogP contribution >= 0.6 is 0 Å². The first kappa shape index (κ1) is 9.83. The predicted molar refractivity (Wildman–Crippen MR) is 55.4 cm³/mol. The van der Waals surface area contributed by atoms with E-state index in [0.717, 1.165) is 17.7 Å². The minimum Gasteiger partial charge on any atom is -0.496 e. The third-order valence-corrected chi connectivity index (χ3v) is 2.69. The molecule has 0 heterocycles. The lowest BCUT2D eigenvalue weighted by Crippen LogP contribution is -2.33. The number of hydrogen-bond donors (Lipinski definition) is 2. The molecule has 1 aliphatic rings. The molecule has 4 heteroatoms. The second-order valence-electron chi connectivity index (χ2n) is 3.65. The van der Waals surface area contributed by atoms with Crippen molar-refractivity contribution in [1.29, 1.82) is 0 Å². The number of nitrogens with one attached hydrogen (secondary N) is 1. The van der Waals surface area contributed by atoms with Gasteiger partial charge in [0.2, 0.25) is 0 Å². The number of hydrogen-bond acceptors (Lipinski definition) is 2. The molecule has 0 unspecified atom stereocenters. The van der Waals surface area contributed by atoms with Gasteiger partial charge in [-0.25, -0.2) is 4.79 Å². The second-order valence-corrected chi connectivity index (χ2v) is 3.65. The molecule has 1 atom stereocenters. The fourth-order valence-corrected chi connectivity index (χ4v) is 2.09. The molecule has 1 aliphatic carbocycles. The molecule has 0 saturated carbocycles. The minimum atomic E-state index is -0.966. The van der Waals surface area contributed by atoms with Crippen molar-refractivity contribution in [3.63, 3.8) is 0 Å². The zero-order valence-corrected chi connectivity index (χ0v) is 8.49. The molecule has 0 bridgehead atoms. The van der Waals surface area contributed by atoms with E-state index in [4.69, 9.17) is 9.84 Å². The van der Waals surface area contributed by atoms with Gasteiger partial charge in [0.15, 0.2) is 0 Å². The van der Waals surface area contributed by atoms with Crippen LogP contribution in [0.25, 0.3) is 0 Å². The predicted octanol–water partition coefficient (Wildman–Crippen LogP) is 1.43. The number of carboxylic acid groups (broad SMARTS) is 1. The Morgan fingerprint density at radius 3 is 3.00 bits per heavy atom. The smallest absolute Gasteiger partial charge is 0.404 e. The number of benzene rings is 1. The van der Waals surface area contributed by atoms with Gasteiger partial charge < -0.3 is 15.2 Å². The Bertz CT molecular complexity index is 389. The van der Waals surface area contributed by atoms with Crippen LogP contribution in [0.3, 0.4) is 0 Å². The van der Waals surface area contributed by atoms with Crippen molar-refractivity contribution in [2.45, 2.75) is 18.9 Å². The van der Waals surface area contributed by atoms with Gasteiger partial charge in [0.1, 0.15) is 5.75 Å². The summed E-state index contributed by atoms with van der Waals surface area (Å²) in [6.07, 6.45) is 0.497. The maximum absolute atomic E-state index is 10.5. The van der Waals surface area contributed by atoms with Crippen molar-refractivity contribution in [2.24, 2.45) is 0 Å². The van der Waals surface area contributed by atoms with E-state index in [0.29, 0.717) is 6.42 Å². The topological polar surface area (TPSA) is 58.6 Å². The second kappa shape index (κ2) is 3.81. The Morgan fingerprint density at radius 2 is 2.33 bits per heavy atom. The van der Waals surface area contributed by atoms with Gasteiger partial charge in [0, 0.05) is 6.04 Å². The summed E-state index contributed by atoms with van der Waals surface area (Å²) in [5.74, 6) is 0.849. The van der Waals surface area contributed by atoms with Crippen molar-refractivity contribution < 1.29 is 14.6 Å². The van der Waals surface area contributed by atoms with E-state index in [9.17, 15) is 4.79 Å². The molecule has 0 saturated heterocycles. The van der Waals surface area contributed by atoms with Gasteiger partial charge >= 0.3 is 6.09 Å². The standard InChI is InChI=1S/C11H13NO3/c1-15-10-4-2-3-7-5-8(6-9(7)10)12-11(13)14/h2-4,8,12H,5-6H2,1H3,(H,13,14)/t8-/m1/s1. The van der Waals surface area contributed by atoms with E-state index in [-0.39, 0.29) is 6.04 Å². The van der Waals surface area contributed by atoms with Gasteiger partial charge in [-0.15, -0.1) is 0 Å². The summed E-state index contributed by atoms with van der Waals surface area (Å²) in [6, 6.07) is 5.83. The molecule has 1 amide bonds. The molecule has 4 nitrogen and oxygen atoms in total. The third-order valence-electron chi connectivity index (χ3n) is 2.69. The molecule has 0 radical (unpaired) electrons. The fraction of sp³-hybridized carbons (Fsp3) is 0.364. The molecule has 80 valence electrons. The number of carbonyl (C=O) groups is 1. The molecule has 15 heavy (non-hydrogen) atoms. The Balaban J connectivity index is 2.19. The molecule has 2 rings (SSSR count). The fourth-order valence-electron chi connectivity index (χ4n) is 2.09. The highest BCUT2D eigenvalue weighted by molar-refractivity contribution is 5.65. The van der Waals surface area contributed by atoms with Crippen LogP contribution in [-0.4, -0.2) is 24.4 Å². The first-order valence-corrected chi connectivity index (χ1v) is 4.85. The lowest BCUT2D eigenvalue weighted by molar-refractivity contribution is 0.190. The quantitative estimate of drug-likeness (QED) is 0.771. The molecule has 2 N–H and O–H groups in total. The SMILES string of the molecule is COc1cccc2c1C[C@H](NC(=O)O)C2. The molecule has 0 spiro atoms. The van der Waals surface area contributed by atoms with Gasteiger partial charge in [-0.05, 0) is 30.0 Å². The summed E-state index contributed by atoms with van der Waals surface area (Å²) in [5, 5.41) is 11.1. The molecule has 0 aromatic heterocycles. The summed E-state index contributed by atoms with van der Waals surface area (Å²) in [6.45, 7) is 0. The Hall–Kier alpha value is -1.71. The van der Waals surface area contributed by atoms with Crippen LogP contribution < -0.4 is 10.1 Å². The zero-order chi connectivity index (χ0) is 10.8. The van der Waals surface area contributed by atoms with E-state index in [2.05, 4.69) is 5.32 Å². The monoisotopic (exact) mass is 207 g/mol. The van der Waals surface area contributed by atoms with E-state index >= 15 is 0 Å². The van der Waals surface area contributed by atoms with Crippen molar-refractivity contribution in [1.82, 2.24) is 5.32 Å². The number of ether oxygens (including phenoxy) is 1. The molecular formula is C11H13NO3. The summed E-state index contributed by atoms with van der Waals surface area (Å²) in [4.78, 5) is 10.5. The molecular weight excluding hydrogens is 194 g/mol. The normalized spacial score (nSPS) is 18.3. The average molecular weight is 207 g/mol. The van der Waals surface area contributed by atoms with Crippen LogP contribution in [-0.2, 0) is 12.8 Å². The van der Waals surface area contributed by atoms with Gasteiger partial charge in [-0.2, -0.15) is 0 Å². The molecule has 1 aromatic carbocycles. The Labute approximate surface area is 87.9 Å². The van der Waals surface area contributed by atoms with Crippen LogP contribution in [0.2, 0.25) is 0 Å². The van der Waals surface area contributed by atoms with Crippen LogP contribution in [0.1, 0.15) is 11.1 Å². The highest BCUT2D eigenvalue weighted by Crippen LogP contribution is 2.30.